The van der Waals surface area contributed by atoms with Crippen molar-refractivity contribution in [3.8, 4) is 6.07 Å². The number of rotatable bonds is 8. The van der Waals surface area contributed by atoms with Crippen LogP contribution in [-0.2, 0) is 4.79 Å². The molecular weight excluding hydrogens is 310 g/mol. The highest BCUT2D eigenvalue weighted by atomic mass is 16.4. The SMILES string of the molecule is CCCN(CCNc1ccc[nH]cncc1C(=O)O)C(=O)CC#N. The van der Waals surface area contributed by atoms with Crippen LogP contribution in [0.3, 0.4) is 0 Å². The number of hydrogen-bond acceptors (Lipinski definition) is 5. The smallest absolute Gasteiger partial charge is 0.339 e. The van der Waals surface area contributed by atoms with Gasteiger partial charge >= 0.3 is 5.97 Å². The molecule has 0 saturated carbocycles. The Morgan fingerprint density at radius 2 is 2.25 bits per heavy atom. The zero-order valence-corrected chi connectivity index (χ0v) is 13.5. The van der Waals surface area contributed by atoms with E-state index in [1.807, 2.05) is 13.0 Å². The molecule has 1 rings (SSSR count). The van der Waals surface area contributed by atoms with E-state index in [2.05, 4.69) is 15.3 Å². The molecule has 0 aromatic carbocycles. The molecule has 1 aromatic heterocycles. The summed E-state index contributed by atoms with van der Waals surface area (Å²) in [5.41, 5.74) is 0.411. The first-order chi connectivity index (χ1) is 11.6. The number of nitrogens with zero attached hydrogens (tertiary/aromatic N) is 3. The van der Waals surface area contributed by atoms with Crippen LogP contribution in [0.25, 0.3) is 0 Å². The van der Waals surface area contributed by atoms with Crippen LogP contribution in [0.15, 0.2) is 30.9 Å². The molecule has 0 unspecified atom stereocenters. The number of nitriles is 1. The van der Waals surface area contributed by atoms with E-state index in [0.717, 1.165) is 6.42 Å². The molecule has 24 heavy (non-hydrogen) atoms. The monoisotopic (exact) mass is 331 g/mol. The lowest BCUT2D eigenvalue weighted by molar-refractivity contribution is -0.130. The molecule has 0 radical (unpaired) electrons. The Morgan fingerprint density at radius 1 is 1.46 bits per heavy atom. The molecule has 1 aromatic rings. The topological polar surface area (TPSA) is 122 Å². The second kappa shape index (κ2) is 10.6. The van der Waals surface area contributed by atoms with E-state index in [4.69, 9.17) is 5.26 Å². The number of carboxylic acids is 1. The number of H-pyrrole nitrogens is 1. The van der Waals surface area contributed by atoms with Gasteiger partial charge in [-0.15, -0.1) is 0 Å². The third-order valence-corrected chi connectivity index (χ3v) is 3.10. The van der Waals surface area contributed by atoms with Crippen molar-refractivity contribution >= 4 is 17.6 Å². The van der Waals surface area contributed by atoms with Crippen molar-refractivity contribution < 1.29 is 14.7 Å². The first-order valence-electron chi connectivity index (χ1n) is 7.57. The zero-order chi connectivity index (χ0) is 17.8. The van der Waals surface area contributed by atoms with Crippen LogP contribution in [0, 0.1) is 11.3 Å². The lowest BCUT2D eigenvalue weighted by Crippen LogP contribution is -2.35. The van der Waals surface area contributed by atoms with E-state index < -0.39 is 5.97 Å². The Kier molecular flexibility index (Phi) is 8.39. The molecule has 0 spiro atoms. The van der Waals surface area contributed by atoms with Crippen LogP contribution >= 0.6 is 0 Å². The van der Waals surface area contributed by atoms with E-state index in [0.29, 0.717) is 25.3 Å². The number of carboxylic acid groups (broad SMARTS) is 1. The summed E-state index contributed by atoms with van der Waals surface area (Å²) in [5, 5.41) is 21.0. The van der Waals surface area contributed by atoms with Crippen molar-refractivity contribution in [3.05, 3.63) is 36.4 Å². The lowest BCUT2D eigenvalue weighted by atomic mass is 10.2. The standard InChI is InChI=1S/C16H21N5O3/c1-2-9-21(15(22)5-6-17)10-8-20-14-4-3-7-18-12-19-11-13(14)16(23)24/h3-4,7,11-12,20H,2,5,8-10H2,1H3,(H,18,19)(H,23,24). The third kappa shape index (κ3) is 6.36. The van der Waals surface area contributed by atoms with Gasteiger partial charge in [0.2, 0.25) is 5.91 Å². The number of amides is 1. The van der Waals surface area contributed by atoms with Crippen molar-refractivity contribution in [2.45, 2.75) is 19.8 Å². The van der Waals surface area contributed by atoms with E-state index in [-0.39, 0.29) is 17.9 Å². The quantitative estimate of drug-likeness (QED) is 0.667. The van der Waals surface area contributed by atoms with Gasteiger partial charge in [0.1, 0.15) is 12.0 Å². The molecule has 0 aliphatic rings. The Morgan fingerprint density at radius 3 is 2.92 bits per heavy atom. The van der Waals surface area contributed by atoms with Gasteiger partial charge in [0, 0.05) is 32.0 Å². The predicted molar refractivity (Wildman–Crippen MR) is 88.8 cm³/mol. The highest BCUT2D eigenvalue weighted by Gasteiger charge is 2.12. The van der Waals surface area contributed by atoms with Crippen molar-refractivity contribution in [1.82, 2.24) is 14.9 Å². The van der Waals surface area contributed by atoms with E-state index >= 15 is 0 Å². The summed E-state index contributed by atoms with van der Waals surface area (Å²) >= 11 is 0. The molecule has 128 valence electrons. The average molecular weight is 331 g/mol. The fraction of sp³-hybridized carbons (Fsp3) is 0.375. The summed E-state index contributed by atoms with van der Waals surface area (Å²) in [6.45, 7) is 3.24. The van der Waals surface area contributed by atoms with Crippen LogP contribution in [0.1, 0.15) is 30.1 Å². The minimum absolute atomic E-state index is 0.0185. The Labute approximate surface area is 140 Å². The predicted octanol–water partition coefficient (Wildman–Crippen LogP) is 1.80. The van der Waals surface area contributed by atoms with Crippen LogP contribution in [-0.4, -0.2) is 51.5 Å². The largest absolute Gasteiger partial charge is 0.478 e. The fourth-order valence-corrected chi connectivity index (χ4v) is 2.02. The summed E-state index contributed by atoms with van der Waals surface area (Å²) in [4.78, 5) is 31.4. The van der Waals surface area contributed by atoms with E-state index in [9.17, 15) is 14.7 Å². The van der Waals surface area contributed by atoms with Crippen molar-refractivity contribution in [2.75, 3.05) is 25.0 Å². The summed E-state index contributed by atoms with van der Waals surface area (Å²) < 4.78 is 0. The van der Waals surface area contributed by atoms with Crippen LogP contribution in [0.5, 0.6) is 0 Å². The van der Waals surface area contributed by atoms with Gasteiger partial charge in [0.25, 0.3) is 0 Å². The third-order valence-electron chi connectivity index (χ3n) is 3.10. The normalized spacial score (nSPS) is 9.50. The molecule has 0 atom stereocenters. The highest BCUT2D eigenvalue weighted by molar-refractivity contribution is 5.93. The molecule has 8 heteroatoms. The number of aromatic carboxylic acids is 1. The summed E-state index contributed by atoms with van der Waals surface area (Å²) in [7, 11) is 0. The number of anilines is 1. The maximum absolute atomic E-state index is 11.9. The number of hydrogen-bond donors (Lipinski definition) is 3. The maximum Gasteiger partial charge on any atom is 0.339 e. The minimum atomic E-state index is -1.10. The van der Waals surface area contributed by atoms with Crippen LogP contribution < -0.4 is 5.32 Å². The summed E-state index contributed by atoms with van der Waals surface area (Å²) in [6, 6.07) is 5.12. The van der Waals surface area contributed by atoms with Gasteiger partial charge < -0.3 is 20.3 Å². The second-order valence-electron chi connectivity index (χ2n) is 4.87. The molecule has 0 aliphatic carbocycles. The van der Waals surface area contributed by atoms with Gasteiger partial charge in [-0.05, 0) is 18.6 Å². The van der Waals surface area contributed by atoms with Crippen molar-refractivity contribution in [2.24, 2.45) is 0 Å². The number of carbonyl (C=O) groups is 2. The molecule has 0 fully saturated rings. The van der Waals surface area contributed by atoms with Crippen LogP contribution in [0.2, 0.25) is 0 Å². The summed E-state index contributed by atoms with van der Waals surface area (Å²) in [6.07, 6.45) is 4.85. The fourth-order valence-electron chi connectivity index (χ4n) is 2.02. The first kappa shape index (κ1) is 19.0. The molecule has 0 saturated heterocycles. The highest BCUT2D eigenvalue weighted by Crippen LogP contribution is 2.11. The van der Waals surface area contributed by atoms with Gasteiger partial charge in [-0.1, -0.05) is 6.92 Å². The Balaban J connectivity index is 2.86. The van der Waals surface area contributed by atoms with Crippen molar-refractivity contribution in [3.63, 3.8) is 0 Å². The molecule has 1 amide bonds. The van der Waals surface area contributed by atoms with E-state index in [1.54, 1.807) is 23.2 Å². The summed E-state index contributed by atoms with van der Waals surface area (Å²) in [5.74, 6) is -1.33. The number of aromatic nitrogens is 2. The zero-order valence-electron chi connectivity index (χ0n) is 13.5. The average Bonchev–Trinajstić information content (AvgIpc) is 2.66. The molecule has 1 heterocycles. The molecule has 0 bridgehead atoms. The molecular formula is C16H21N5O3. The van der Waals surface area contributed by atoms with Crippen LogP contribution in [0.4, 0.5) is 5.69 Å². The van der Waals surface area contributed by atoms with Gasteiger partial charge in [-0.25, -0.2) is 9.78 Å². The van der Waals surface area contributed by atoms with Gasteiger partial charge in [0.05, 0.1) is 18.1 Å². The van der Waals surface area contributed by atoms with Crippen molar-refractivity contribution in [1.29, 1.82) is 5.26 Å². The number of aromatic amines is 1. The lowest BCUT2D eigenvalue weighted by Gasteiger charge is -2.21. The molecule has 8 nitrogen and oxygen atoms in total. The van der Waals surface area contributed by atoms with E-state index in [1.165, 1.54) is 12.5 Å². The minimum Gasteiger partial charge on any atom is -0.478 e. The van der Waals surface area contributed by atoms with Gasteiger partial charge in [-0.2, -0.15) is 5.26 Å². The number of nitrogens with one attached hydrogen (secondary N) is 2. The number of carbonyl (C=O) groups excluding carboxylic acids is 1. The van der Waals surface area contributed by atoms with Gasteiger partial charge in [-0.3, -0.25) is 4.79 Å². The molecule has 3 N–H and O–H groups in total. The van der Waals surface area contributed by atoms with Gasteiger partial charge in [0.15, 0.2) is 0 Å². The second-order valence-corrected chi connectivity index (χ2v) is 4.87. The Hall–Kier alpha value is -3.08. The Bertz CT molecular complexity index is 649. The first-order valence-corrected chi connectivity index (χ1v) is 7.57. The molecule has 0 aliphatic heterocycles. The maximum atomic E-state index is 11.9.